The lowest BCUT2D eigenvalue weighted by atomic mass is 9.86. The molecule has 0 aromatic carbocycles. The van der Waals surface area contributed by atoms with Gasteiger partial charge < -0.3 is 15.5 Å². The first-order chi connectivity index (χ1) is 9.15. The van der Waals surface area contributed by atoms with E-state index in [4.69, 9.17) is 10.2 Å². The van der Waals surface area contributed by atoms with Gasteiger partial charge in [0, 0.05) is 24.4 Å². The van der Waals surface area contributed by atoms with Gasteiger partial charge in [-0.1, -0.05) is 0 Å². The first-order valence-electron chi connectivity index (χ1n) is 7.23. The fraction of sp³-hybridized carbons (Fsp3) is 0.667. The minimum absolute atomic E-state index is 0.158. The lowest BCUT2D eigenvalue weighted by Gasteiger charge is -2.26. The van der Waals surface area contributed by atoms with Crippen molar-refractivity contribution in [1.29, 1.82) is 0 Å². The zero-order valence-electron chi connectivity index (χ0n) is 11.6. The minimum atomic E-state index is 0.158. The summed E-state index contributed by atoms with van der Waals surface area (Å²) in [7, 11) is 0. The van der Waals surface area contributed by atoms with Crippen LogP contribution >= 0.6 is 0 Å². The highest BCUT2D eigenvalue weighted by atomic mass is 16.3. The van der Waals surface area contributed by atoms with Crippen molar-refractivity contribution in [3.63, 3.8) is 0 Å². The largest absolute Gasteiger partial charge is 0.469 e. The Labute approximate surface area is 114 Å². The Kier molecular flexibility index (Phi) is 5.02. The monoisotopic (exact) mass is 264 g/mol. The average molecular weight is 264 g/mol. The van der Waals surface area contributed by atoms with Gasteiger partial charge >= 0.3 is 0 Å². The van der Waals surface area contributed by atoms with Crippen molar-refractivity contribution in [2.75, 3.05) is 0 Å². The van der Waals surface area contributed by atoms with Gasteiger partial charge in [-0.2, -0.15) is 0 Å². The Balaban J connectivity index is 1.69. The molecule has 1 aromatic heterocycles. The predicted octanol–water partition coefficient (Wildman–Crippen LogP) is 2.23. The summed E-state index contributed by atoms with van der Waals surface area (Å²) in [6, 6.07) is 4.34. The summed E-state index contributed by atoms with van der Waals surface area (Å²) in [6.45, 7) is 2.05. The van der Waals surface area contributed by atoms with Gasteiger partial charge in [0.2, 0.25) is 5.91 Å². The van der Waals surface area contributed by atoms with Gasteiger partial charge in [0.15, 0.2) is 0 Å². The van der Waals surface area contributed by atoms with Gasteiger partial charge in [0.1, 0.15) is 5.76 Å². The molecule has 0 radical (unpaired) electrons. The lowest BCUT2D eigenvalue weighted by molar-refractivity contribution is -0.126. The molecular weight excluding hydrogens is 240 g/mol. The third-order valence-corrected chi connectivity index (χ3v) is 3.94. The van der Waals surface area contributed by atoms with Crippen molar-refractivity contribution in [3.05, 3.63) is 24.2 Å². The van der Waals surface area contributed by atoms with Gasteiger partial charge in [-0.3, -0.25) is 4.79 Å². The molecule has 1 aliphatic carbocycles. The molecule has 19 heavy (non-hydrogen) atoms. The number of amides is 1. The first kappa shape index (κ1) is 14.1. The molecule has 0 bridgehead atoms. The molecule has 2 rings (SSSR count). The molecule has 1 fully saturated rings. The molecule has 0 aliphatic heterocycles. The zero-order chi connectivity index (χ0) is 13.7. The van der Waals surface area contributed by atoms with E-state index in [1.54, 1.807) is 6.26 Å². The second-order valence-electron chi connectivity index (χ2n) is 5.64. The second kappa shape index (κ2) is 6.75. The standard InChI is InChI=1S/C15H24N2O2/c1-11(4-9-14-3-2-10-19-14)17-15(18)12-5-7-13(16)8-6-12/h2-3,10-13H,4-9,16H2,1H3,(H,17,18). The highest BCUT2D eigenvalue weighted by Crippen LogP contribution is 2.23. The van der Waals surface area contributed by atoms with Crippen molar-refractivity contribution in [1.82, 2.24) is 5.32 Å². The average Bonchev–Trinajstić information content (AvgIpc) is 2.90. The van der Waals surface area contributed by atoms with Crippen molar-refractivity contribution >= 4 is 5.91 Å². The molecule has 106 valence electrons. The van der Waals surface area contributed by atoms with E-state index in [1.165, 1.54) is 0 Å². The molecule has 0 saturated heterocycles. The Hall–Kier alpha value is -1.29. The molecule has 1 saturated carbocycles. The number of carbonyl (C=O) groups is 1. The maximum atomic E-state index is 12.1. The topological polar surface area (TPSA) is 68.3 Å². The van der Waals surface area contributed by atoms with Crippen molar-refractivity contribution in [2.45, 2.75) is 57.5 Å². The Bertz CT molecular complexity index is 381. The fourth-order valence-corrected chi connectivity index (χ4v) is 2.63. The van der Waals surface area contributed by atoms with Gasteiger partial charge in [-0.25, -0.2) is 0 Å². The van der Waals surface area contributed by atoms with Crippen LogP contribution in [0.5, 0.6) is 0 Å². The summed E-state index contributed by atoms with van der Waals surface area (Å²) in [5, 5.41) is 3.11. The summed E-state index contributed by atoms with van der Waals surface area (Å²) in [4.78, 5) is 12.1. The lowest BCUT2D eigenvalue weighted by Crippen LogP contribution is -2.40. The normalized spacial score (nSPS) is 24.9. The summed E-state index contributed by atoms with van der Waals surface area (Å²) in [5.74, 6) is 1.33. The van der Waals surface area contributed by atoms with Gasteiger partial charge in [-0.05, 0) is 51.2 Å². The van der Waals surface area contributed by atoms with E-state index in [0.717, 1.165) is 44.3 Å². The molecule has 3 N–H and O–H groups in total. The number of furan rings is 1. The van der Waals surface area contributed by atoms with Crippen LogP contribution in [-0.2, 0) is 11.2 Å². The summed E-state index contributed by atoms with van der Waals surface area (Å²) < 4.78 is 5.29. The molecule has 1 aromatic rings. The number of hydrogen-bond donors (Lipinski definition) is 2. The molecular formula is C15H24N2O2. The highest BCUT2D eigenvalue weighted by molar-refractivity contribution is 5.79. The summed E-state index contributed by atoms with van der Waals surface area (Å²) in [6.07, 6.45) is 7.26. The quantitative estimate of drug-likeness (QED) is 0.857. The molecule has 4 nitrogen and oxygen atoms in total. The van der Waals surface area contributed by atoms with E-state index < -0.39 is 0 Å². The van der Waals surface area contributed by atoms with E-state index in [9.17, 15) is 4.79 Å². The molecule has 1 unspecified atom stereocenters. The van der Waals surface area contributed by atoms with Gasteiger partial charge in [0.25, 0.3) is 0 Å². The van der Waals surface area contributed by atoms with Crippen LogP contribution in [0.2, 0.25) is 0 Å². The molecule has 1 aliphatic rings. The fourth-order valence-electron chi connectivity index (χ4n) is 2.63. The number of carbonyl (C=O) groups excluding carboxylic acids is 1. The number of nitrogens with two attached hydrogens (primary N) is 1. The van der Waals surface area contributed by atoms with Crippen LogP contribution in [0.1, 0.15) is 44.8 Å². The minimum Gasteiger partial charge on any atom is -0.469 e. The maximum absolute atomic E-state index is 12.1. The summed E-state index contributed by atoms with van der Waals surface area (Å²) >= 11 is 0. The number of rotatable bonds is 5. The van der Waals surface area contributed by atoms with Crippen LogP contribution < -0.4 is 11.1 Å². The third kappa shape index (κ3) is 4.39. The number of hydrogen-bond acceptors (Lipinski definition) is 3. The maximum Gasteiger partial charge on any atom is 0.223 e. The predicted molar refractivity (Wildman–Crippen MR) is 74.6 cm³/mol. The smallest absolute Gasteiger partial charge is 0.223 e. The van der Waals surface area contributed by atoms with Gasteiger partial charge in [0.05, 0.1) is 6.26 Å². The van der Waals surface area contributed by atoms with Crippen LogP contribution in [-0.4, -0.2) is 18.0 Å². The molecule has 1 amide bonds. The van der Waals surface area contributed by atoms with Crippen LogP contribution in [0.15, 0.2) is 22.8 Å². The van der Waals surface area contributed by atoms with Crippen LogP contribution in [0.3, 0.4) is 0 Å². The Morgan fingerprint density at radius 2 is 2.21 bits per heavy atom. The first-order valence-corrected chi connectivity index (χ1v) is 7.23. The Morgan fingerprint density at radius 3 is 2.84 bits per heavy atom. The SMILES string of the molecule is CC(CCc1ccco1)NC(=O)C1CCC(N)CC1. The highest BCUT2D eigenvalue weighted by Gasteiger charge is 2.25. The van der Waals surface area contributed by atoms with Crippen molar-refractivity contribution < 1.29 is 9.21 Å². The molecule has 4 heteroatoms. The van der Waals surface area contributed by atoms with E-state index in [1.807, 2.05) is 12.1 Å². The van der Waals surface area contributed by atoms with Crippen LogP contribution in [0.25, 0.3) is 0 Å². The Morgan fingerprint density at radius 1 is 1.47 bits per heavy atom. The van der Waals surface area contributed by atoms with E-state index in [2.05, 4.69) is 12.2 Å². The van der Waals surface area contributed by atoms with Crippen LogP contribution in [0, 0.1) is 5.92 Å². The molecule has 0 spiro atoms. The molecule has 1 heterocycles. The molecule has 1 atom stereocenters. The zero-order valence-corrected chi connectivity index (χ0v) is 11.6. The summed E-state index contributed by atoms with van der Waals surface area (Å²) in [5.41, 5.74) is 5.86. The van der Waals surface area contributed by atoms with Gasteiger partial charge in [-0.15, -0.1) is 0 Å². The van der Waals surface area contributed by atoms with Crippen LogP contribution in [0.4, 0.5) is 0 Å². The second-order valence-corrected chi connectivity index (χ2v) is 5.64. The van der Waals surface area contributed by atoms with E-state index in [0.29, 0.717) is 6.04 Å². The number of aryl methyl sites for hydroxylation is 1. The van der Waals surface area contributed by atoms with E-state index >= 15 is 0 Å². The number of nitrogens with one attached hydrogen (secondary N) is 1. The van der Waals surface area contributed by atoms with Crippen molar-refractivity contribution in [3.8, 4) is 0 Å². The third-order valence-electron chi connectivity index (χ3n) is 3.94. The van der Waals surface area contributed by atoms with E-state index in [-0.39, 0.29) is 17.9 Å². The van der Waals surface area contributed by atoms with Crippen molar-refractivity contribution in [2.24, 2.45) is 11.7 Å².